The molecule has 0 radical (unpaired) electrons. The molecule has 0 unspecified atom stereocenters. The number of nitrogens with one attached hydrogen (secondary N) is 2. The monoisotopic (exact) mass is 475 g/mol. The van der Waals surface area contributed by atoms with E-state index in [1.165, 1.54) is 0 Å². The minimum Gasteiger partial charge on any atom is -0.494 e. The number of rotatable bonds is 9. The Morgan fingerprint density at radius 3 is 2.32 bits per heavy atom. The number of hydrogen-bond acceptors (Lipinski definition) is 4. The Bertz CT molecular complexity index is 1120. The maximum atomic E-state index is 13.1. The molecule has 0 aliphatic carbocycles. The topological polar surface area (TPSA) is 70.7 Å². The van der Waals surface area contributed by atoms with Crippen LogP contribution in [0.25, 0.3) is 0 Å². The largest absolute Gasteiger partial charge is 0.494 e. The zero-order valence-corrected chi connectivity index (χ0v) is 20.2. The highest BCUT2D eigenvalue weighted by Gasteiger charge is 2.16. The van der Waals surface area contributed by atoms with Gasteiger partial charge in [-0.3, -0.25) is 14.9 Å². The number of nitrogens with zero attached hydrogens (tertiary/aromatic N) is 1. The minimum atomic E-state index is -0.328. The Morgan fingerprint density at radius 1 is 0.912 bits per heavy atom. The molecule has 3 aromatic carbocycles. The van der Waals surface area contributed by atoms with E-state index in [1.807, 2.05) is 37.3 Å². The van der Waals surface area contributed by atoms with E-state index in [0.29, 0.717) is 30.0 Å². The summed E-state index contributed by atoms with van der Waals surface area (Å²) in [5, 5.41) is 5.80. The molecule has 0 spiro atoms. The summed E-state index contributed by atoms with van der Waals surface area (Å²) in [4.78, 5) is 27.3. The first-order valence-corrected chi connectivity index (χ1v) is 11.7. The summed E-state index contributed by atoms with van der Waals surface area (Å²) in [5.74, 6) is 0.281. The van der Waals surface area contributed by atoms with Gasteiger partial charge in [-0.2, -0.15) is 0 Å². The Kier molecular flexibility index (Phi) is 9.17. The van der Waals surface area contributed by atoms with Crippen molar-refractivity contribution in [3.8, 4) is 5.75 Å². The first-order valence-electron chi connectivity index (χ1n) is 11.3. The fourth-order valence-corrected chi connectivity index (χ4v) is 3.52. The Labute approximate surface area is 205 Å². The lowest BCUT2D eigenvalue weighted by Crippen LogP contribution is -2.34. The standard InChI is InChI=1S/C27H29N3O3S/c1-3-5-18-33-24-16-14-20(15-17-24)25(31)29-27(34)28-22-11-9-10-21(19-22)26(32)30(4-2)23-12-7-6-8-13-23/h6-17,19H,3-5,18H2,1-2H3,(H2,28,29,31,34). The fourth-order valence-electron chi connectivity index (χ4n) is 3.31. The molecule has 176 valence electrons. The Morgan fingerprint density at radius 2 is 1.65 bits per heavy atom. The highest BCUT2D eigenvalue weighted by Crippen LogP contribution is 2.19. The van der Waals surface area contributed by atoms with Gasteiger partial charge in [0, 0.05) is 29.0 Å². The van der Waals surface area contributed by atoms with Crippen LogP contribution in [0.3, 0.4) is 0 Å². The lowest BCUT2D eigenvalue weighted by atomic mass is 10.1. The van der Waals surface area contributed by atoms with Crippen LogP contribution in [0.2, 0.25) is 0 Å². The minimum absolute atomic E-state index is 0.117. The van der Waals surface area contributed by atoms with Crippen LogP contribution < -0.4 is 20.3 Å². The number of thiocarbonyl (C=S) groups is 1. The summed E-state index contributed by atoms with van der Waals surface area (Å²) in [5.41, 5.74) is 2.43. The number of carbonyl (C=O) groups excluding carboxylic acids is 2. The number of unbranched alkanes of at least 4 members (excludes halogenated alkanes) is 1. The van der Waals surface area contributed by atoms with Crippen LogP contribution in [0.1, 0.15) is 47.4 Å². The fraction of sp³-hybridized carbons (Fsp3) is 0.222. The van der Waals surface area contributed by atoms with E-state index in [1.54, 1.807) is 53.4 Å². The van der Waals surface area contributed by atoms with Crippen LogP contribution in [-0.4, -0.2) is 30.1 Å². The van der Waals surface area contributed by atoms with Crippen LogP contribution in [-0.2, 0) is 0 Å². The Balaban J connectivity index is 1.60. The van der Waals surface area contributed by atoms with Gasteiger partial charge < -0.3 is 15.0 Å². The molecule has 6 nitrogen and oxygen atoms in total. The highest BCUT2D eigenvalue weighted by atomic mass is 32.1. The number of carbonyl (C=O) groups is 2. The van der Waals surface area contributed by atoms with Crippen molar-refractivity contribution >= 4 is 40.5 Å². The van der Waals surface area contributed by atoms with E-state index in [-0.39, 0.29) is 16.9 Å². The molecular weight excluding hydrogens is 446 g/mol. The third-order valence-corrected chi connectivity index (χ3v) is 5.31. The van der Waals surface area contributed by atoms with Crippen LogP contribution in [0.5, 0.6) is 5.75 Å². The van der Waals surface area contributed by atoms with Crippen LogP contribution in [0, 0.1) is 0 Å². The predicted molar refractivity (Wildman–Crippen MR) is 141 cm³/mol. The molecule has 0 saturated carbocycles. The highest BCUT2D eigenvalue weighted by molar-refractivity contribution is 7.80. The van der Waals surface area contributed by atoms with Gasteiger partial charge in [-0.25, -0.2) is 0 Å². The van der Waals surface area contributed by atoms with Gasteiger partial charge in [0.1, 0.15) is 5.75 Å². The van der Waals surface area contributed by atoms with Gasteiger partial charge in [0.05, 0.1) is 6.61 Å². The molecule has 0 fully saturated rings. The van der Waals surface area contributed by atoms with Gasteiger partial charge in [0.15, 0.2) is 5.11 Å². The number of ether oxygens (including phenoxy) is 1. The average Bonchev–Trinajstić information content (AvgIpc) is 2.85. The molecule has 2 amide bonds. The number of benzene rings is 3. The quantitative estimate of drug-likeness (QED) is 0.309. The van der Waals surface area contributed by atoms with E-state index in [2.05, 4.69) is 17.6 Å². The summed E-state index contributed by atoms with van der Waals surface area (Å²) >= 11 is 5.31. The number of hydrogen-bond donors (Lipinski definition) is 2. The first kappa shape index (κ1) is 24.9. The van der Waals surface area contributed by atoms with Gasteiger partial charge in [-0.15, -0.1) is 0 Å². The van der Waals surface area contributed by atoms with E-state index < -0.39 is 0 Å². The molecule has 0 aliphatic rings. The molecule has 0 atom stereocenters. The smallest absolute Gasteiger partial charge is 0.258 e. The van der Waals surface area contributed by atoms with Gasteiger partial charge in [0.2, 0.25) is 0 Å². The third-order valence-electron chi connectivity index (χ3n) is 5.11. The van der Waals surface area contributed by atoms with Crippen molar-refractivity contribution in [3.63, 3.8) is 0 Å². The number of para-hydroxylation sites is 1. The van der Waals surface area contributed by atoms with Crippen LogP contribution in [0.4, 0.5) is 11.4 Å². The maximum absolute atomic E-state index is 13.1. The third kappa shape index (κ3) is 6.89. The normalized spacial score (nSPS) is 10.3. The average molecular weight is 476 g/mol. The summed E-state index contributed by atoms with van der Waals surface area (Å²) < 4.78 is 5.62. The molecule has 0 saturated heterocycles. The molecule has 2 N–H and O–H groups in total. The zero-order chi connectivity index (χ0) is 24.3. The van der Waals surface area contributed by atoms with Gasteiger partial charge >= 0.3 is 0 Å². The molecule has 0 aromatic heterocycles. The zero-order valence-electron chi connectivity index (χ0n) is 19.4. The molecule has 34 heavy (non-hydrogen) atoms. The molecule has 3 rings (SSSR count). The molecule has 0 bridgehead atoms. The summed E-state index contributed by atoms with van der Waals surface area (Å²) in [7, 11) is 0. The van der Waals surface area contributed by atoms with Crippen LogP contribution >= 0.6 is 12.2 Å². The summed E-state index contributed by atoms with van der Waals surface area (Å²) in [6, 6.07) is 23.5. The van der Waals surface area contributed by atoms with E-state index in [9.17, 15) is 9.59 Å². The Hall–Kier alpha value is -3.71. The molecule has 3 aromatic rings. The second-order valence-corrected chi connectivity index (χ2v) is 8.01. The summed E-state index contributed by atoms with van der Waals surface area (Å²) in [6.45, 7) is 5.23. The second-order valence-electron chi connectivity index (χ2n) is 7.60. The van der Waals surface area contributed by atoms with Crippen molar-refractivity contribution in [2.75, 3.05) is 23.4 Å². The lowest BCUT2D eigenvalue weighted by Gasteiger charge is -2.21. The van der Waals surface area contributed by atoms with Crippen molar-refractivity contribution in [2.24, 2.45) is 0 Å². The second kappa shape index (κ2) is 12.5. The molecule has 0 heterocycles. The molecule has 0 aliphatic heterocycles. The summed E-state index contributed by atoms with van der Waals surface area (Å²) in [6.07, 6.45) is 2.05. The van der Waals surface area contributed by atoms with Crippen molar-refractivity contribution < 1.29 is 14.3 Å². The molecular formula is C27H29N3O3S. The van der Waals surface area contributed by atoms with Gasteiger partial charge in [-0.1, -0.05) is 37.6 Å². The SMILES string of the molecule is CCCCOc1ccc(C(=O)NC(=S)Nc2cccc(C(=O)N(CC)c3ccccc3)c2)cc1. The van der Waals surface area contributed by atoms with Crippen molar-refractivity contribution in [2.45, 2.75) is 26.7 Å². The number of amides is 2. The number of anilines is 2. The van der Waals surface area contributed by atoms with E-state index >= 15 is 0 Å². The first-order chi connectivity index (χ1) is 16.5. The predicted octanol–water partition coefficient (Wildman–Crippen LogP) is 5.66. The molecule has 7 heteroatoms. The maximum Gasteiger partial charge on any atom is 0.258 e. The van der Waals surface area contributed by atoms with Gasteiger partial charge in [-0.05, 0) is 80.2 Å². The van der Waals surface area contributed by atoms with Crippen LogP contribution in [0.15, 0.2) is 78.9 Å². The van der Waals surface area contributed by atoms with Crippen molar-refractivity contribution in [1.82, 2.24) is 5.32 Å². The van der Waals surface area contributed by atoms with E-state index in [4.69, 9.17) is 17.0 Å². The van der Waals surface area contributed by atoms with Gasteiger partial charge in [0.25, 0.3) is 11.8 Å². The lowest BCUT2D eigenvalue weighted by molar-refractivity contribution is 0.0973. The van der Waals surface area contributed by atoms with Crippen molar-refractivity contribution in [1.29, 1.82) is 0 Å². The van der Waals surface area contributed by atoms with E-state index in [0.717, 1.165) is 24.3 Å². The van der Waals surface area contributed by atoms with Crippen molar-refractivity contribution in [3.05, 3.63) is 90.0 Å².